The first-order valence-corrected chi connectivity index (χ1v) is 8.56. The van der Waals surface area contributed by atoms with Gasteiger partial charge in [0.1, 0.15) is 5.82 Å². The molecule has 25 heavy (non-hydrogen) atoms. The van der Waals surface area contributed by atoms with E-state index >= 15 is 0 Å². The molecule has 0 radical (unpaired) electrons. The van der Waals surface area contributed by atoms with Gasteiger partial charge in [0.2, 0.25) is 5.91 Å². The van der Waals surface area contributed by atoms with Gasteiger partial charge in [-0.3, -0.25) is 9.48 Å². The molecule has 1 N–H and O–H groups in total. The third kappa shape index (κ3) is 4.44. The van der Waals surface area contributed by atoms with Crippen LogP contribution in [0.4, 0.5) is 4.39 Å². The van der Waals surface area contributed by atoms with E-state index < -0.39 is 0 Å². The number of aromatic nitrogens is 2. The maximum absolute atomic E-state index is 12.8. The standard InChI is InChI=1S/C20H22FN3O/c1-15-4-2-6-19-18(15)14-23-24(19)13-11-20(25)22-12-3-5-16-7-9-17(21)10-8-16/h2,4,6-10,14H,3,5,11-13H2,1H3,(H,22,25). The molecule has 3 rings (SSSR count). The van der Waals surface area contributed by atoms with Crippen LogP contribution in [0.5, 0.6) is 0 Å². The van der Waals surface area contributed by atoms with Crippen LogP contribution in [0.3, 0.4) is 0 Å². The van der Waals surface area contributed by atoms with Crippen molar-refractivity contribution in [1.82, 2.24) is 15.1 Å². The molecule has 0 saturated heterocycles. The van der Waals surface area contributed by atoms with Crippen LogP contribution in [0.1, 0.15) is 24.0 Å². The van der Waals surface area contributed by atoms with Crippen molar-refractivity contribution >= 4 is 16.8 Å². The van der Waals surface area contributed by atoms with Crippen LogP contribution in [0, 0.1) is 12.7 Å². The molecule has 0 atom stereocenters. The van der Waals surface area contributed by atoms with Gasteiger partial charge in [0.25, 0.3) is 0 Å². The molecule has 0 fully saturated rings. The van der Waals surface area contributed by atoms with Gasteiger partial charge < -0.3 is 5.32 Å². The van der Waals surface area contributed by atoms with Crippen molar-refractivity contribution in [2.45, 2.75) is 32.7 Å². The largest absolute Gasteiger partial charge is 0.356 e. The third-order valence-corrected chi connectivity index (χ3v) is 4.33. The van der Waals surface area contributed by atoms with E-state index in [9.17, 15) is 9.18 Å². The van der Waals surface area contributed by atoms with Crippen LogP contribution < -0.4 is 5.32 Å². The van der Waals surface area contributed by atoms with Crippen molar-refractivity contribution in [2.24, 2.45) is 0 Å². The summed E-state index contributed by atoms with van der Waals surface area (Å²) in [6, 6.07) is 12.6. The molecule has 4 nitrogen and oxygen atoms in total. The van der Waals surface area contributed by atoms with Crippen LogP contribution in [0.25, 0.3) is 10.9 Å². The van der Waals surface area contributed by atoms with Crippen LogP contribution in [-0.2, 0) is 17.8 Å². The number of halogens is 1. The second-order valence-electron chi connectivity index (χ2n) is 6.21. The quantitative estimate of drug-likeness (QED) is 0.668. The van der Waals surface area contributed by atoms with Gasteiger partial charge in [0, 0.05) is 18.4 Å². The highest BCUT2D eigenvalue weighted by molar-refractivity contribution is 5.82. The minimum atomic E-state index is -0.224. The van der Waals surface area contributed by atoms with E-state index in [1.54, 1.807) is 12.1 Å². The summed E-state index contributed by atoms with van der Waals surface area (Å²) >= 11 is 0. The first-order valence-electron chi connectivity index (χ1n) is 8.56. The Balaban J connectivity index is 1.42. The lowest BCUT2D eigenvalue weighted by molar-refractivity contribution is -0.121. The van der Waals surface area contributed by atoms with E-state index in [1.165, 1.54) is 17.7 Å². The number of rotatable bonds is 7. The van der Waals surface area contributed by atoms with Gasteiger partial charge in [0.05, 0.1) is 18.3 Å². The minimum absolute atomic E-state index is 0.0235. The van der Waals surface area contributed by atoms with Crippen molar-refractivity contribution in [3.63, 3.8) is 0 Å². The van der Waals surface area contributed by atoms with Crippen molar-refractivity contribution in [3.8, 4) is 0 Å². The molecule has 0 unspecified atom stereocenters. The van der Waals surface area contributed by atoms with Crippen LogP contribution in [0.2, 0.25) is 0 Å². The number of aryl methyl sites for hydroxylation is 3. The normalized spacial score (nSPS) is 11.0. The smallest absolute Gasteiger partial charge is 0.221 e. The van der Waals surface area contributed by atoms with Gasteiger partial charge in [-0.1, -0.05) is 24.3 Å². The molecule has 1 aromatic heterocycles. The summed E-state index contributed by atoms with van der Waals surface area (Å²) in [6.45, 7) is 3.24. The Morgan fingerprint density at radius 1 is 1.20 bits per heavy atom. The third-order valence-electron chi connectivity index (χ3n) is 4.33. The lowest BCUT2D eigenvalue weighted by atomic mass is 10.1. The second kappa shape index (κ2) is 7.92. The topological polar surface area (TPSA) is 46.9 Å². The van der Waals surface area contributed by atoms with Gasteiger partial charge in [-0.15, -0.1) is 0 Å². The summed E-state index contributed by atoms with van der Waals surface area (Å²) in [6.07, 6.45) is 3.91. The number of carbonyl (C=O) groups is 1. The second-order valence-corrected chi connectivity index (χ2v) is 6.21. The molecule has 0 saturated carbocycles. The number of amides is 1. The van der Waals surface area contributed by atoms with Crippen molar-refractivity contribution in [2.75, 3.05) is 6.54 Å². The zero-order valence-electron chi connectivity index (χ0n) is 14.3. The Hall–Kier alpha value is -2.69. The number of hydrogen-bond donors (Lipinski definition) is 1. The van der Waals surface area contributed by atoms with E-state index in [4.69, 9.17) is 0 Å². The monoisotopic (exact) mass is 339 g/mol. The summed E-state index contributed by atoms with van der Waals surface area (Å²) < 4.78 is 14.7. The maximum Gasteiger partial charge on any atom is 0.221 e. The zero-order valence-corrected chi connectivity index (χ0v) is 14.3. The summed E-state index contributed by atoms with van der Waals surface area (Å²) in [5.41, 5.74) is 3.33. The maximum atomic E-state index is 12.8. The molecule has 3 aromatic rings. The first kappa shape index (κ1) is 17.1. The fourth-order valence-corrected chi connectivity index (χ4v) is 2.89. The Kier molecular flexibility index (Phi) is 5.43. The van der Waals surface area contributed by atoms with E-state index in [0.29, 0.717) is 19.5 Å². The van der Waals surface area contributed by atoms with Gasteiger partial charge in [-0.05, 0) is 49.1 Å². The Morgan fingerprint density at radius 3 is 2.80 bits per heavy atom. The first-order chi connectivity index (χ1) is 12.1. The number of hydrogen-bond acceptors (Lipinski definition) is 2. The number of benzene rings is 2. The van der Waals surface area contributed by atoms with Crippen LogP contribution >= 0.6 is 0 Å². The highest BCUT2D eigenvalue weighted by atomic mass is 19.1. The molecule has 0 aliphatic carbocycles. The minimum Gasteiger partial charge on any atom is -0.356 e. The van der Waals surface area contributed by atoms with Crippen molar-refractivity contribution < 1.29 is 9.18 Å². The molecule has 2 aromatic carbocycles. The highest BCUT2D eigenvalue weighted by Gasteiger charge is 2.07. The molecular formula is C20H22FN3O. The van der Waals surface area contributed by atoms with Gasteiger partial charge in [-0.25, -0.2) is 4.39 Å². The van der Waals surface area contributed by atoms with E-state index in [-0.39, 0.29) is 11.7 Å². The van der Waals surface area contributed by atoms with Gasteiger partial charge >= 0.3 is 0 Å². The molecule has 0 bridgehead atoms. The lowest BCUT2D eigenvalue weighted by Gasteiger charge is -2.07. The van der Waals surface area contributed by atoms with Gasteiger partial charge in [-0.2, -0.15) is 5.10 Å². The summed E-state index contributed by atoms with van der Waals surface area (Å²) in [5.74, 6) is -0.200. The molecule has 1 amide bonds. The number of fused-ring (bicyclic) bond motifs is 1. The van der Waals surface area contributed by atoms with E-state index in [0.717, 1.165) is 29.3 Å². The summed E-state index contributed by atoms with van der Waals surface area (Å²) in [4.78, 5) is 12.0. The lowest BCUT2D eigenvalue weighted by Crippen LogP contribution is -2.25. The fourth-order valence-electron chi connectivity index (χ4n) is 2.89. The van der Waals surface area contributed by atoms with E-state index in [1.807, 2.05) is 23.0 Å². The number of carbonyl (C=O) groups excluding carboxylic acids is 1. The molecule has 0 aliphatic heterocycles. The van der Waals surface area contributed by atoms with E-state index in [2.05, 4.69) is 23.4 Å². The predicted octanol–water partition coefficient (Wildman–Crippen LogP) is 3.62. The number of nitrogens with one attached hydrogen (secondary N) is 1. The average Bonchev–Trinajstić information content (AvgIpc) is 3.03. The zero-order chi connectivity index (χ0) is 17.6. The van der Waals surface area contributed by atoms with Crippen molar-refractivity contribution in [3.05, 3.63) is 65.6 Å². The van der Waals surface area contributed by atoms with Crippen LogP contribution in [-0.4, -0.2) is 22.2 Å². The molecule has 1 heterocycles. The summed E-state index contributed by atoms with van der Waals surface area (Å²) in [5, 5.41) is 8.44. The van der Waals surface area contributed by atoms with Gasteiger partial charge in [0.15, 0.2) is 0 Å². The molecular weight excluding hydrogens is 317 g/mol. The van der Waals surface area contributed by atoms with Crippen molar-refractivity contribution in [1.29, 1.82) is 0 Å². The molecule has 130 valence electrons. The SMILES string of the molecule is Cc1cccc2c1cnn2CCC(=O)NCCCc1ccc(F)cc1. The Bertz CT molecular complexity index is 855. The number of nitrogens with zero attached hydrogens (tertiary/aromatic N) is 2. The molecule has 5 heteroatoms. The Morgan fingerprint density at radius 2 is 2.00 bits per heavy atom. The highest BCUT2D eigenvalue weighted by Crippen LogP contribution is 2.17. The fraction of sp³-hybridized carbons (Fsp3) is 0.300. The summed E-state index contributed by atoms with van der Waals surface area (Å²) in [7, 11) is 0. The average molecular weight is 339 g/mol. The Labute approximate surface area is 146 Å². The molecule has 0 spiro atoms. The van der Waals surface area contributed by atoms with Crippen LogP contribution in [0.15, 0.2) is 48.7 Å². The molecule has 0 aliphatic rings. The predicted molar refractivity (Wildman–Crippen MR) is 96.8 cm³/mol.